The van der Waals surface area contributed by atoms with Crippen LogP contribution in [0.2, 0.25) is 18.1 Å². The number of carbonyl (C=O) groups excluding carboxylic acids is 2. The molecule has 2 aromatic rings. The van der Waals surface area contributed by atoms with Crippen LogP contribution in [-0.4, -0.2) is 25.9 Å². The highest BCUT2D eigenvalue weighted by atomic mass is 28.3. The van der Waals surface area contributed by atoms with Gasteiger partial charge in [0.25, 0.3) is 0 Å². The van der Waals surface area contributed by atoms with E-state index >= 15 is 0 Å². The van der Waals surface area contributed by atoms with Gasteiger partial charge in [-0.3, -0.25) is 9.59 Å². The van der Waals surface area contributed by atoms with Gasteiger partial charge in [-0.15, -0.1) is 11.5 Å². The predicted octanol–water partition coefficient (Wildman–Crippen LogP) is 4.40. The van der Waals surface area contributed by atoms with Crippen LogP contribution in [0, 0.1) is 11.5 Å². The van der Waals surface area contributed by atoms with Crippen LogP contribution in [0.3, 0.4) is 0 Å². The lowest BCUT2D eigenvalue weighted by Crippen LogP contribution is -2.51. The van der Waals surface area contributed by atoms with Crippen molar-refractivity contribution in [2.75, 3.05) is 0 Å². The first-order valence-electron chi connectivity index (χ1n) is 10.6. The SMILES string of the molecule is CC(C(=O)N[C@H](CC#C[Si](C)(C)C(C)(C)C)C(N)=O)(c1ccccc1)c1ccccc1. The maximum atomic E-state index is 13.5. The normalized spacial score (nSPS) is 13.0. The number of primary amides is 1. The third-order valence-corrected chi connectivity index (χ3v) is 10.9. The van der Waals surface area contributed by atoms with Gasteiger partial charge in [0, 0.05) is 6.42 Å². The first-order chi connectivity index (χ1) is 14.4. The Morgan fingerprint density at radius 2 is 1.39 bits per heavy atom. The Labute approximate surface area is 187 Å². The molecule has 5 heteroatoms. The number of amides is 2. The number of nitrogens with one attached hydrogen (secondary N) is 1. The van der Waals surface area contributed by atoms with E-state index < -0.39 is 25.4 Å². The second kappa shape index (κ2) is 9.53. The number of benzene rings is 2. The highest BCUT2D eigenvalue weighted by Crippen LogP contribution is 2.35. The van der Waals surface area contributed by atoms with Gasteiger partial charge in [-0.2, -0.15) is 0 Å². The molecule has 0 radical (unpaired) electrons. The first kappa shape index (κ1) is 24.4. The Kier molecular flexibility index (Phi) is 7.51. The van der Waals surface area contributed by atoms with Crippen molar-refractivity contribution in [2.45, 2.75) is 63.7 Å². The molecule has 2 amide bonds. The van der Waals surface area contributed by atoms with E-state index in [-0.39, 0.29) is 17.4 Å². The van der Waals surface area contributed by atoms with Crippen LogP contribution in [0.25, 0.3) is 0 Å². The summed E-state index contributed by atoms with van der Waals surface area (Å²) in [6, 6.07) is 18.3. The minimum absolute atomic E-state index is 0.116. The zero-order valence-electron chi connectivity index (χ0n) is 19.5. The highest BCUT2D eigenvalue weighted by Gasteiger charge is 2.38. The van der Waals surface area contributed by atoms with Crippen LogP contribution < -0.4 is 11.1 Å². The summed E-state index contributed by atoms with van der Waals surface area (Å²) < 4.78 is 0. The molecule has 2 aromatic carbocycles. The molecule has 164 valence electrons. The summed E-state index contributed by atoms with van der Waals surface area (Å²) in [5, 5.41) is 2.99. The summed E-state index contributed by atoms with van der Waals surface area (Å²) >= 11 is 0. The fourth-order valence-electron chi connectivity index (χ4n) is 3.06. The lowest BCUT2D eigenvalue weighted by molar-refractivity contribution is -0.129. The van der Waals surface area contributed by atoms with Crippen molar-refractivity contribution in [3.63, 3.8) is 0 Å². The molecule has 0 aliphatic heterocycles. The van der Waals surface area contributed by atoms with Crippen molar-refractivity contribution >= 4 is 19.9 Å². The van der Waals surface area contributed by atoms with E-state index in [4.69, 9.17) is 5.73 Å². The van der Waals surface area contributed by atoms with Crippen LogP contribution in [-0.2, 0) is 15.0 Å². The van der Waals surface area contributed by atoms with Gasteiger partial charge in [-0.05, 0) is 23.1 Å². The van der Waals surface area contributed by atoms with Crippen LogP contribution in [0.1, 0.15) is 45.2 Å². The smallest absolute Gasteiger partial charge is 0.240 e. The second-order valence-corrected chi connectivity index (χ2v) is 14.7. The van der Waals surface area contributed by atoms with Gasteiger partial charge in [0.05, 0.1) is 5.41 Å². The number of hydrogen-bond acceptors (Lipinski definition) is 2. The molecule has 2 rings (SSSR count). The highest BCUT2D eigenvalue weighted by molar-refractivity contribution is 6.87. The summed E-state index contributed by atoms with van der Waals surface area (Å²) in [6.07, 6.45) is 0.202. The van der Waals surface area contributed by atoms with E-state index in [2.05, 4.69) is 50.6 Å². The lowest BCUT2D eigenvalue weighted by Gasteiger charge is -2.32. The van der Waals surface area contributed by atoms with Crippen LogP contribution >= 0.6 is 0 Å². The Morgan fingerprint density at radius 3 is 1.77 bits per heavy atom. The molecule has 0 spiro atoms. The van der Waals surface area contributed by atoms with Gasteiger partial charge in [0.15, 0.2) is 0 Å². The molecule has 0 aromatic heterocycles. The Morgan fingerprint density at radius 1 is 0.935 bits per heavy atom. The van der Waals surface area contributed by atoms with E-state index in [1.165, 1.54) is 0 Å². The van der Waals surface area contributed by atoms with Crippen LogP contribution in [0.5, 0.6) is 0 Å². The molecule has 0 unspecified atom stereocenters. The minimum atomic E-state index is -1.81. The largest absolute Gasteiger partial charge is 0.368 e. The van der Waals surface area contributed by atoms with Gasteiger partial charge in [-0.25, -0.2) is 0 Å². The molecule has 0 heterocycles. The lowest BCUT2D eigenvalue weighted by atomic mass is 9.75. The number of nitrogens with two attached hydrogens (primary N) is 1. The topological polar surface area (TPSA) is 72.2 Å². The fourth-order valence-corrected chi connectivity index (χ4v) is 3.98. The average molecular weight is 435 g/mol. The molecular weight excluding hydrogens is 400 g/mol. The third kappa shape index (κ3) is 5.65. The molecule has 0 fully saturated rings. The molecule has 0 saturated carbocycles. The zero-order chi connectivity index (χ0) is 23.3. The van der Waals surface area contributed by atoms with Crippen molar-refractivity contribution < 1.29 is 9.59 Å². The van der Waals surface area contributed by atoms with E-state index in [0.29, 0.717) is 0 Å². The second-order valence-electron chi connectivity index (χ2n) is 9.67. The van der Waals surface area contributed by atoms with E-state index in [1.54, 1.807) is 0 Å². The monoisotopic (exact) mass is 434 g/mol. The first-order valence-corrected chi connectivity index (χ1v) is 13.6. The van der Waals surface area contributed by atoms with Gasteiger partial charge in [0.1, 0.15) is 14.1 Å². The molecule has 0 bridgehead atoms. The van der Waals surface area contributed by atoms with Crippen molar-refractivity contribution in [3.8, 4) is 11.5 Å². The molecule has 0 saturated heterocycles. The summed E-state index contributed by atoms with van der Waals surface area (Å²) in [6.45, 7) is 12.8. The van der Waals surface area contributed by atoms with Gasteiger partial charge < -0.3 is 11.1 Å². The quantitative estimate of drug-likeness (QED) is 0.522. The maximum absolute atomic E-state index is 13.5. The Hall–Kier alpha value is -2.84. The molecular formula is C26H34N2O2Si. The maximum Gasteiger partial charge on any atom is 0.240 e. The zero-order valence-corrected chi connectivity index (χ0v) is 20.5. The summed E-state index contributed by atoms with van der Waals surface area (Å²) in [4.78, 5) is 25.7. The minimum Gasteiger partial charge on any atom is -0.368 e. The number of hydrogen-bond donors (Lipinski definition) is 2. The summed E-state index contributed by atoms with van der Waals surface area (Å²) in [5.41, 5.74) is 9.74. The van der Waals surface area contributed by atoms with Crippen LogP contribution in [0.15, 0.2) is 60.7 Å². The fraction of sp³-hybridized carbons (Fsp3) is 0.385. The number of carbonyl (C=O) groups is 2. The van der Waals surface area contributed by atoms with Crippen molar-refractivity contribution in [1.29, 1.82) is 0 Å². The van der Waals surface area contributed by atoms with Gasteiger partial charge in [-0.1, -0.05) is 94.5 Å². The Bertz CT molecular complexity index is 928. The van der Waals surface area contributed by atoms with E-state index in [1.807, 2.05) is 67.6 Å². The van der Waals surface area contributed by atoms with Gasteiger partial charge in [0.2, 0.25) is 11.8 Å². The Balaban J connectivity index is 2.34. The molecule has 31 heavy (non-hydrogen) atoms. The number of rotatable bonds is 6. The average Bonchev–Trinajstić information content (AvgIpc) is 2.72. The standard InChI is InChI=1S/C26H34N2O2Si/c1-25(2,3)31(5,6)19-13-18-22(23(27)29)28-24(30)26(4,20-14-9-7-10-15-20)21-16-11-8-12-17-21/h7-12,14-17,22H,18H2,1-6H3,(H2,27,29)(H,28,30)/t22-/m1/s1. The third-order valence-electron chi connectivity index (χ3n) is 6.39. The van der Waals surface area contributed by atoms with Gasteiger partial charge >= 0.3 is 0 Å². The van der Waals surface area contributed by atoms with Crippen molar-refractivity contribution in [3.05, 3.63) is 71.8 Å². The van der Waals surface area contributed by atoms with Crippen LogP contribution in [0.4, 0.5) is 0 Å². The molecule has 1 atom stereocenters. The molecule has 0 aliphatic carbocycles. The summed E-state index contributed by atoms with van der Waals surface area (Å²) in [5.74, 6) is 2.29. The molecule has 4 nitrogen and oxygen atoms in total. The van der Waals surface area contributed by atoms with E-state index in [0.717, 1.165) is 11.1 Å². The van der Waals surface area contributed by atoms with Crippen molar-refractivity contribution in [2.24, 2.45) is 5.73 Å². The predicted molar refractivity (Wildman–Crippen MR) is 130 cm³/mol. The van der Waals surface area contributed by atoms with Crippen molar-refractivity contribution in [1.82, 2.24) is 5.32 Å². The summed E-state index contributed by atoms with van der Waals surface area (Å²) in [7, 11) is -1.81. The molecule has 3 N–H and O–H groups in total. The van der Waals surface area contributed by atoms with E-state index in [9.17, 15) is 9.59 Å². The molecule has 0 aliphatic rings.